The third-order valence-corrected chi connectivity index (χ3v) is 4.58. The number of rotatable bonds is 4. The molecule has 2 N–H and O–H groups in total. The van der Waals surface area contributed by atoms with Crippen molar-refractivity contribution in [2.24, 2.45) is 0 Å². The van der Waals surface area contributed by atoms with Gasteiger partial charge in [0.25, 0.3) is 0 Å². The van der Waals surface area contributed by atoms with E-state index >= 15 is 0 Å². The average molecular weight is 436 g/mol. The summed E-state index contributed by atoms with van der Waals surface area (Å²) in [5.74, 6) is -0.226. The van der Waals surface area contributed by atoms with Crippen LogP contribution in [0.25, 0.3) is 0 Å². The summed E-state index contributed by atoms with van der Waals surface area (Å²) in [7, 11) is 0. The molecular formula is C19H22Cl2F3N3O. The summed E-state index contributed by atoms with van der Waals surface area (Å²) < 4.78 is 37.7. The molecular weight excluding hydrogens is 414 g/mol. The number of nitrogens with zero attached hydrogens (tertiary/aromatic N) is 1. The van der Waals surface area contributed by atoms with Crippen molar-refractivity contribution in [3.8, 4) is 0 Å². The van der Waals surface area contributed by atoms with Crippen LogP contribution in [0.4, 0.5) is 13.2 Å². The van der Waals surface area contributed by atoms with Crippen molar-refractivity contribution in [2.75, 3.05) is 6.54 Å². The number of carbonyl (C=O) groups excluding carboxylic acids is 1. The van der Waals surface area contributed by atoms with Crippen molar-refractivity contribution < 1.29 is 18.0 Å². The van der Waals surface area contributed by atoms with Crippen LogP contribution in [0.15, 0.2) is 30.5 Å². The van der Waals surface area contributed by atoms with E-state index in [0.717, 1.165) is 48.5 Å². The fourth-order valence-corrected chi connectivity index (χ4v) is 3.12. The van der Waals surface area contributed by atoms with E-state index in [9.17, 15) is 18.0 Å². The largest absolute Gasteiger partial charge is 0.416 e. The summed E-state index contributed by atoms with van der Waals surface area (Å²) in [4.78, 5) is 16.6. The molecule has 0 saturated carbocycles. The van der Waals surface area contributed by atoms with E-state index in [-0.39, 0.29) is 37.1 Å². The molecule has 0 fully saturated rings. The van der Waals surface area contributed by atoms with Crippen LogP contribution < -0.4 is 10.6 Å². The summed E-state index contributed by atoms with van der Waals surface area (Å²) in [5.41, 5.74) is 4.13. The maximum atomic E-state index is 12.6. The van der Waals surface area contributed by atoms with Gasteiger partial charge in [-0.15, -0.1) is 24.8 Å². The van der Waals surface area contributed by atoms with Crippen LogP contribution in [-0.4, -0.2) is 17.4 Å². The minimum Gasteiger partial charge on any atom is -0.352 e. The number of aromatic nitrogens is 1. The number of halogens is 5. The van der Waals surface area contributed by atoms with E-state index in [2.05, 4.69) is 15.6 Å². The van der Waals surface area contributed by atoms with Gasteiger partial charge in [0.15, 0.2) is 0 Å². The first kappa shape index (κ1) is 24.2. The van der Waals surface area contributed by atoms with Crippen LogP contribution in [0.1, 0.15) is 33.5 Å². The van der Waals surface area contributed by atoms with Crippen molar-refractivity contribution in [3.63, 3.8) is 0 Å². The van der Waals surface area contributed by atoms with Gasteiger partial charge in [0.1, 0.15) is 0 Å². The summed E-state index contributed by atoms with van der Waals surface area (Å²) in [5, 5.41) is 6.15. The molecule has 4 nitrogen and oxygen atoms in total. The lowest BCUT2D eigenvalue weighted by molar-refractivity contribution is -0.137. The Labute approximate surface area is 174 Å². The number of hydrogen-bond donors (Lipinski definition) is 2. The van der Waals surface area contributed by atoms with Crippen LogP contribution >= 0.6 is 24.8 Å². The van der Waals surface area contributed by atoms with Crippen molar-refractivity contribution in [3.05, 3.63) is 64.0 Å². The van der Waals surface area contributed by atoms with E-state index in [0.29, 0.717) is 12.1 Å². The highest BCUT2D eigenvalue weighted by Gasteiger charge is 2.30. The average Bonchev–Trinajstić information content (AvgIpc) is 2.60. The summed E-state index contributed by atoms with van der Waals surface area (Å²) in [6.45, 7) is 3.96. The van der Waals surface area contributed by atoms with Gasteiger partial charge in [-0.2, -0.15) is 13.2 Å². The molecule has 0 aliphatic carbocycles. The molecule has 28 heavy (non-hydrogen) atoms. The molecule has 1 amide bonds. The van der Waals surface area contributed by atoms with Gasteiger partial charge < -0.3 is 10.6 Å². The van der Waals surface area contributed by atoms with Gasteiger partial charge in [-0.25, -0.2) is 0 Å². The topological polar surface area (TPSA) is 54.0 Å². The smallest absolute Gasteiger partial charge is 0.352 e. The van der Waals surface area contributed by atoms with Crippen molar-refractivity contribution in [1.82, 2.24) is 15.6 Å². The highest BCUT2D eigenvalue weighted by atomic mass is 35.5. The third-order valence-electron chi connectivity index (χ3n) is 4.58. The molecule has 9 heteroatoms. The number of aryl methyl sites for hydroxylation is 1. The van der Waals surface area contributed by atoms with Gasteiger partial charge in [-0.1, -0.05) is 12.1 Å². The molecule has 0 unspecified atom stereocenters. The predicted octanol–water partition coefficient (Wildman–Crippen LogP) is 3.76. The quantitative estimate of drug-likeness (QED) is 0.768. The number of amides is 1. The summed E-state index contributed by atoms with van der Waals surface area (Å²) in [6.07, 6.45) is -1.57. The van der Waals surface area contributed by atoms with E-state index in [1.165, 1.54) is 17.7 Å². The number of pyridine rings is 1. The zero-order valence-corrected chi connectivity index (χ0v) is 16.9. The van der Waals surface area contributed by atoms with Gasteiger partial charge in [-0.3, -0.25) is 9.78 Å². The molecule has 1 aliphatic rings. The second-order valence-electron chi connectivity index (χ2n) is 6.40. The van der Waals surface area contributed by atoms with Gasteiger partial charge in [0.2, 0.25) is 5.91 Å². The van der Waals surface area contributed by atoms with Gasteiger partial charge in [-0.05, 0) is 54.3 Å². The predicted molar refractivity (Wildman–Crippen MR) is 106 cm³/mol. The third kappa shape index (κ3) is 5.83. The maximum absolute atomic E-state index is 12.6. The Balaban J connectivity index is 0.00000196. The van der Waals surface area contributed by atoms with Crippen LogP contribution in [0.2, 0.25) is 0 Å². The second-order valence-corrected chi connectivity index (χ2v) is 6.40. The Morgan fingerprint density at radius 3 is 2.54 bits per heavy atom. The molecule has 0 spiro atoms. The normalized spacial score (nSPS) is 13.0. The molecule has 3 rings (SSSR count). The van der Waals surface area contributed by atoms with E-state index in [4.69, 9.17) is 0 Å². The minimum atomic E-state index is -4.37. The zero-order chi connectivity index (χ0) is 18.7. The molecule has 1 aromatic heterocycles. The molecule has 2 heterocycles. The fraction of sp³-hybridized carbons (Fsp3) is 0.368. The Hall–Kier alpha value is -1.83. The Kier molecular flexibility index (Phi) is 8.73. The molecule has 1 aromatic carbocycles. The number of alkyl halides is 3. The number of nitrogens with one attached hydrogen (secondary N) is 2. The van der Waals surface area contributed by atoms with E-state index < -0.39 is 11.7 Å². The van der Waals surface area contributed by atoms with E-state index in [1.807, 2.05) is 13.1 Å². The fourth-order valence-electron chi connectivity index (χ4n) is 3.12. The molecule has 0 atom stereocenters. The van der Waals surface area contributed by atoms with Crippen LogP contribution in [0.3, 0.4) is 0 Å². The lowest BCUT2D eigenvalue weighted by atomic mass is 9.96. The van der Waals surface area contributed by atoms with Gasteiger partial charge >= 0.3 is 6.18 Å². The van der Waals surface area contributed by atoms with E-state index in [1.54, 1.807) is 0 Å². The molecule has 1 aliphatic heterocycles. The van der Waals surface area contributed by atoms with Crippen LogP contribution in [0, 0.1) is 6.92 Å². The summed E-state index contributed by atoms with van der Waals surface area (Å²) >= 11 is 0. The summed E-state index contributed by atoms with van der Waals surface area (Å²) in [6, 6.07) is 4.67. The second kappa shape index (κ2) is 10.1. The van der Waals surface area contributed by atoms with Crippen molar-refractivity contribution in [1.29, 1.82) is 0 Å². The zero-order valence-electron chi connectivity index (χ0n) is 15.2. The van der Waals surface area contributed by atoms with Crippen LogP contribution in [-0.2, 0) is 36.9 Å². The highest BCUT2D eigenvalue weighted by Crippen LogP contribution is 2.29. The number of carbonyl (C=O) groups is 1. The monoisotopic (exact) mass is 435 g/mol. The molecule has 2 aromatic rings. The Morgan fingerprint density at radius 1 is 1.21 bits per heavy atom. The number of fused-ring (bicyclic) bond motifs is 1. The molecule has 154 valence electrons. The first-order valence-corrected chi connectivity index (χ1v) is 8.44. The van der Waals surface area contributed by atoms with Gasteiger partial charge in [0, 0.05) is 25.0 Å². The maximum Gasteiger partial charge on any atom is 0.416 e. The molecule has 0 bridgehead atoms. The minimum absolute atomic E-state index is 0. The Bertz CT molecular complexity index is 811. The number of benzene rings is 1. The molecule has 0 saturated heterocycles. The highest BCUT2D eigenvalue weighted by molar-refractivity contribution is 5.85. The number of hydrogen-bond acceptors (Lipinski definition) is 3. The van der Waals surface area contributed by atoms with Crippen LogP contribution in [0.5, 0.6) is 0 Å². The standard InChI is InChI=1S/C19H20F3N3O.2ClH/c1-12-17(16-6-7-23-9-14(16)10-24-12)11-25-18(26)8-13-2-4-15(5-3-13)19(20,21)22;;/h2-5,10,23H,6-9,11H2,1H3,(H,25,26);2*1H. The molecule has 0 radical (unpaired) electrons. The van der Waals surface area contributed by atoms with Crippen molar-refractivity contribution in [2.45, 2.75) is 39.0 Å². The lowest BCUT2D eigenvalue weighted by Crippen LogP contribution is -2.29. The van der Waals surface area contributed by atoms with Crippen molar-refractivity contribution >= 4 is 30.7 Å². The first-order valence-electron chi connectivity index (χ1n) is 8.44. The SMILES string of the molecule is Cc1ncc2c(c1CNC(=O)Cc1ccc(C(F)(F)F)cc1)CCNC2.Cl.Cl. The lowest BCUT2D eigenvalue weighted by Gasteiger charge is -2.21. The van der Waals surface area contributed by atoms with Gasteiger partial charge in [0.05, 0.1) is 12.0 Å². The Morgan fingerprint density at radius 2 is 1.89 bits per heavy atom. The first-order chi connectivity index (χ1) is 12.3.